The van der Waals surface area contributed by atoms with Gasteiger partial charge < -0.3 is 10.6 Å². The topological polar surface area (TPSA) is 46.3 Å². The van der Waals surface area contributed by atoms with Crippen LogP contribution in [-0.2, 0) is 4.79 Å². The summed E-state index contributed by atoms with van der Waals surface area (Å²) in [4.78, 5) is 14.9. The monoisotopic (exact) mass is 270 g/mol. The molecule has 2 unspecified atom stereocenters. The molecule has 0 saturated carbocycles. The molecule has 0 aliphatic carbocycles. The molecule has 1 rings (SSSR count). The van der Waals surface area contributed by atoms with Gasteiger partial charge in [0.25, 0.3) is 0 Å². The van der Waals surface area contributed by atoms with E-state index in [0.717, 1.165) is 31.8 Å². The van der Waals surface area contributed by atoms with Gasteiger partial charge in [-0.2, -0.15) is 0 Å². The molecule has 1 amide bonds. The van der Waals surface area contributed by atoms with Crippen molar-refractivity contribution in [1.82, 2.24) is 4.90 Å². The molecule has 1 aliphatic heterocycles. The lowest BCUT2D eigenvalue weighted by Gasteiger charge is -2.32. The second-order valence-electron chi connectivity index (χ2n) is 5.55. The summed E-state index contributed by atoms with van der Waals surface area (Å²) in [6.45, 7) is 7.79. The van der Waals surface area contributed by atoms with Gasteiger partial charge in [0.1, 0.15) is 0 Å². The summed E-state index contributed by atoms with van der Waals surface area (Å²) < 4.78 is 0. The molecule has 0 spiro atoms. The molecular weight excluding hydrogens is 244 g/mol. The first-order valence-corrected chi connectivity index (χ1v) is 7.45. The third kappa shape index (κ3) is 3.22. The lowest BCUT2D eigenvalue weighted by molar-refractivity contribution is -0.137. The maximum absolute atomic E-state index is 12.6. The van der Waals surface area contributed by atoms with Crippen LogP contribution in [0.4, 0.5) is 0 Å². The van der Waals surface area contributed by atoms with Crippen LogP contribution < -0.4 is 5.73 Å². The Kier molecular flexibility index (Phi) is 5.57. The van der Waals surface area contributed by atoms with Gasteiger partial charge in [0, 0.05) is 13.1 Å². The van der Waals surface area contributed by atoms with Crippen molar-refractivity contribution in [3.05, 3.63) is 0 Å². The molecule has 104 valence electrons. The minimum absolute atomic E-state index is 0.120. The predicted octanol–water partition coefficient (Wildman–Crippen LogP) is 2.73. The Bertz CT molecular complexity index is 319. The number of likely N-dealkylation sites (tertiary alicyclic amines) is 1. The number of carbonyl (C=O) groups excluding carboxylic acids is 1. The maximum atomic E-state index is 12.6. The van der Waals surface area contributed by atoms with E-state index in [4.69, 9.17) is 18.0 Å². The summed E-state index contributed by atoms with van der Waals surface area (Å²) in [6, 6.07) is 0. The van der Waals surface area contributed by atoms with Gasteiger partial charge in [-0.15, -0.1) is 0 Å². The number of rotatable bonds is 4. The van der Waals surface area contributed by atoms with Crippen molar-refractivity contribution < 1.29 is 4.79 Å². The Balaban J connectivity index is 2.74. The van der Waals surface area contributed by atoms with Crippen molar-refractivity contribution in [3.63, 3.8) is 0 Å². The van der Waals surface area contributed by atoms with E-state index in [1.165, 1.54) is 12.8 Å². The Labute approximate surface area is 116 Å². The molecule has 4 heteroatoms. The Morgan fingerprint density at radius 1 is 1.39 bits per heavy atom. The lowest BCUT2D eigenvalue weighted by atomic mass is 9.85. The lowest BCUT2D eigenvalue weighted by Crippen LogP contribution is -2.49. The summed E-state index contributed by atoms with van der Waals surface area (Å²) in [5.74, 6) is 0.884. The first-order chi connectivity index (χ1) is 8.45. The Morgan fingerprint density at radius 3 is 2.56 bits per heavy atom. The van der Waals surface area contributed by atoms with Crippen LogP contribution in [-0.4, -0.2) is 28.9 Å². The molecule has 0 bridgehead atoms. The highest BCUT2D eigenvalue weighted by Crippen LogP contribution is 2.28. The zero-order valence-electron chi connectivity index (χ0n) is 11.9. The number of hydrogen-bond acceptors (Lipinski definition) is 2. The number of carbonyl (C=O) groups is 1. The summed E-state index contributed by atoms with van der Waals surface area (Å²) in [5.41, 5.74) is 5.10. The van der Waals surface area contributed by atoms with Gasteiger partial charge in [0.2, 0.25) is 5.91 Å². The van der Waals surface area contributed by atoms with E-state index in [2.05, 4.69) is 6.92 Å². The maximum Gasteiger partial charge on any atom is 0.235 e. The minimum atomic E-state index is -0.665. The first kappa shape index (κ1) is 15.4. The highest BCUT2D eigenvalue weighted by Gasteiger charge is 2.38. The van der Waals surface area contributed by atoms with Gasteiger partial charge in [0.15, 0.2) is 0 Å². The zero-order chi connectivity index (χ0) is 13.8. The van der Waals surface area contributed by atoms with Crippen molar-refractivity contribution in [2.75, 3.05) is 13.1 Å². The van der Waals surface area contributed by atoms with Crippen LogP contribution in [0.5, 0.6) is 0 Å². The van der Waals surface area contributed by atoms with E-state index < -0.39 is 5.41 Å². The second-order valence-corrected chi connectivity index (χ2v) is 5.99. The summed E-state index contributed by atoms with van der Waals surface area (Å²) in [5, 5.41) is 0. The molecule has 1 saturated heterocycles. The SMILES string of the molecule is CCC1CCCN(C(=O)C(C)(CC)C(N)=S)CC1. The van der Waals surface area contributed by atoms with Crippen LogP contribution >= 0.6 is 12.2 Å². The van der Waals surface area contributed by atoms with Gasteiger partial charge in [-0.05, 0) is 38.5 Å². The Hall–Kier alpha value is -0.640. The van der Waals surface area contributed by atoms with Crippen molar-refractivity contribution in [1.29, 1.82) is 0 Å². The number of nitrogens with two attached hydrogens (primary N) is 1. The van der Waals surface area contributed by atoms with Crippen molar-refractivity contribution in [2.45, 2.75) is 52.9 Å². The van der Waals surface area contributed by atoms with Crippen LogP contribution in [0.1, 0.15) is 52.9 Å². The van der Waals surface area contributed by atoms with Crippen molar-refractivity contribution >= 4 is 23.1 Å². The molecule has 1 aliphatic rings. The molecule has 0 aromatic rings. The van der Waals surface area contributed by atoms with Gasteiger partial charge in [-0.1, -0.05) is 32.5 Å². The van der Waals surface area contributed by atoms with E-state index in [9.17, 15) is 4.79 Å². The normalized spacial score (nSPS) is 24.2. The van der Waals surface area contributed by atoms with Crippen LogP contribution in [0.3, 0.4) is 0 Å². The fraction of sp³-hybridized carbons (Fsp3) is 0.857. The zero-order valence-corrected chi connectivity index (χ0v) is 12.7. The molecule has 2 N–H and O–H groups in total. The number of nitrogens with zero attached hydrogens (tertiary/aromatic N) is 1. The van der Waals surface area contributed by atoms with E-state index in [1.54, 1.807) is 0 Å². The van der Waals surface area contributed by atoms with E-state index in [-0.39, 0.29) is 5.91 Å². The van der Waals surface area contributed by atoms with Gasteiger partial charge in [-0.25, -0.2) is 0 Å². The Morgan fingerprint density at radius 2 is 2.06 bits per heavy atom. The quantitative estimate of drug-likeness (QED) is 0.799. The van der Waals surface area contributed by atoms with Gasteiger partial charge >= 0.3 is 0 Å². The summed E-state index contributed by atoms with van der Waals surface area (Å²) in [7, 11) is 0. The van der Waals surface area contributed by atoms with Crippen LogP contribution in [0.2, 0.25) is 0 Å². The van der Waals surface area contributed by atoms with Gasteiger partial charge in [-0.3, -0.25) is 4.79 Å². The molecule has 3 nitrogen and oxygen atoms in total. The second kappa shape index (κ2) is 6.50. The number of hydrogen-bond donors (Lipinski definition) is 1. The van der Waals surface area contributed by atoms with Gasteiger partial charge in [0.05, 0.1) is 10.4 Å². The number of amides is 1. The van der Waals surface area contributed by atoms with Crippen molar-refractivity contribution in [3.8, 4) is 0 Å². The van der Waals surface area contributed by atoms with Crippen LogP contribution in [0.15, 0.2) is 0 Å². The molecular formula is C14H26N2OS. The van der Waals surface area contributed by atoms with Crippen LogP contribution in [0.25, 0.3) is 0 Å². The fourth-order valence-corrected chi connectivity index (χ4v) is 2.79. The molecule has 0 radical (unpaired) electrons. The number of thiocarbonyl (C=S) groups is 1. The highest BCUT2D eigenvalue weighted by atomic mass is 32.1. The summed E-state index contributed by atoms with van der Waals surface area (Å²) >= 11 is 5.09. The van der Waals surface area contributed by atoms with Crippen molar-refractivity contribution in [2.24, 2.45) is 17.1 Å². The molecule has 0 aromatic carbocycles. The molecule has 1 fully saturated rings. The summed E-state index contributed by atoms with van der Waals surface area (Å²) in [6.07, 6.45) is 5.33. The third-order valence-corrected chi connectivity index (χ3v) is 4.89. The minimum Gasteiger partial charge on any atom is -0.392 e. The third-order valence-electron chi connectivity index (χ3n) is 4.44. The highest BCUT2D eigenvalue weighted by molar-refractivity contribution is 7.80. The van der Waals surface area contributed by atoms with E-state index in [0.29, 0.717) is 11.4 Å². The van der Waals surface area contributed by atoms with E-state index >= 15 is 0 Å². The standard InChI is InChI=1S/C14H26N2OS/c1-4-11-7-6-9-16(10-8-11)13(17)14(3,5-2)12(15)18/h11H,4-10H2,1-3H3,(H2,15,18). The average molecular weight is 270 g/mol. The largest absolute Gasteiger partial charge is 0.392 e. The average Bonchev–Trinajstić information content (AvgIpc) is 2.61. The molecule has 1 heterocycles. The molecule has 0 aromatic heterocycles. The molecule has 18 heavy (non-hydrogen) atoms. The fourth-order valence-electron chi connectivity index (χ4n) is 2.56. The molecule has 2 atom stereocenters. The predicted molar refractivity (Wildman–Crippen MR) is 79.4 cm³/mol. The van der Waals surface area contributed by atoms with Crippen LogP contribution in [0, 0.1) is 11.3 Å². The van der Waals surface area contributed by atoms with E-state index in [1.807, 2.05) is 18.7 Å². The first-order valence-electron chi connectivity index (χ1n) is 7.05. The smallest absolute Gasteiger partial charge is 0.235 e.